The summed E-state index contributed by atoms with van der Waals surface area (Å²) >= 11 is 11.4. The largest absolute Gasteiger partial charge is 0.378 e. The van der Waals surface area contributed by atoms with Crippen LogP contribution in [-0.2, 0) is 0 Å². The third kappa shape index (κ3) is 3.37. The predicted octanol–water partition coefficient (Wildman–Crippen LogP) is 5.44. The number of hydrogen-bond donors (Lipinski definition) is 1. The zero-order valence-corrected chi connectivity index (χ0v) is 11.6. The number of rotatable bonds is 3. The summed E-state index contributed by atoms with van der Waals surface area (Å²) in [5, 5.41) is 2.98. The maximum atomic E-state index is 13.3. The van der Waals surface area contributed by atoms with Crippen molar-refractivity contribution < 1.29 is 8.78 Å². The lowest BCUT2D eigenvalue weighted by molar-refractivity contribution is 0.623. The van der Waals surface area contributed by atoms with E-state index in [1.807, 2.05) is 6.92 Å². The minimum Gasteiger partial charge on any atom is -0.378 e. The number of hydrogen-bond acceptors (Lipinski definition) is 1. The Morgan fingerprint density at radius 3 is 2.26 bits per heavy atom. The Balaban J connectivity index is 2.21. The molecule has 1 unspecified atom stereocenters. The molecule has 2 aromatic carbocycles. The summed E-state index contributed by atoms with van der Waals surface area (Å²) in [7, 11) is 0. The number of nitrogens with one attached hydrogen (secondary N) is 1. The number of halogens is 4. The molecule has 1 N–H and O–H groups in total. The highest BCUT2D eigenvalue weighted by atomic mass is 35.5. The van der Waals surface area contributed by atoms with Gasteiger partial charge in [0, 0.05) is 11.7 Å². The first-order valence-corrected chi connectivity index (χ1v) is 6.39. The van der Waals surface area contributed by atoms with Gasteiger partial charge in [0.05, 0.1) is 10.0 Å². The van der Waals surface area contributed by atoms with Crippen LogP contribution in [0.5, 0.6) is 0 Å². The molecule has 0 aliphatic heterocycles. The molecule has 0 spiro atoms. The quantitative estimate of drug-likeness (QED) is 0.744. The zero-order chi connectivity index (χ0) is 14.0. The van der Waals surface area contributed by atoms with Crippen LogP contribution in [0.15, 0.2) is 36.4 Å². The first-order chi connectivity index (χ1) is 8.97. The third-order valence-electron chi connectivity index (χ3n) is 2.72. The highest BCUT2D eigenvalue weighted by molar-refractivity contribution is 6.35. The van der Waals surface area contributed by atoms with Crippen molar-refractivity contribution in [3.63, 3.8) is 0 Å². The highest BCUT2D eigenvalue weighted by Gasteiger charge is 2.10. The molecule has 2 aromatic rings. The van der Waals surface area contributed by atoms with E-state index in [1.165, 1.54) is 24.3 Å². The molecule has 0 saturated heterocycles. The van der Waals surface area contributed by atoms with Crippen LogP contribution in [0.4, 0.5) is 14.5 Å². The minimum atomic E-state index is -0.646. The number of anilines is 1. The summed E-state index contributed by atoms with van der Waals surface area (Å²) in [6, 6.07) is 8.97. The van der Waals surface area contributed by atoms with E-state index in [2.05, 4.69) is 5.32 Å². The first kappa shape index (κ1) is 14.1. The molecular formula is C14H11Cl2F2N. The van der Waals surface area contributed by atoms with Gasteiger partial charge in [-0.2, -0.15) is 0 Å². The van der Waals surface area contributed by atoms with Crippen LogP contribution in [0.2, 0.25) is 10.0 Å². The van der Waals surface area contributed by atoms with Crippen molar-refractivity contribution in [1.82, 2.24) is 0 Å². The molecule has 1 atom stereocenters. The van der Waals surface area contributed by atoms with Crippen molar-refractivity contribution in [2.75, 3.05) is 5.32 Å². The first-order valence-electron chi connectivity index (χ1n) is 5.64. The van der Waals surface area contributed by atoms with Crippen molar-refractivity contribution in [1.29, 1.82) is 0 Å². The van der Waals surface area contributed by atoms with Crippen LogP contribution < -0.4 is 5.32 Å². The second-order valence-corrected chi connectivity index (χ2v) is 4.99. The second kappa shape index (κ2) is 5.76. The Labute approximate surface area is 120 Å². The number of benzene rings is 2. The molecule has 5 heteroatoms. The molecular weight excluding hydrogens is 291 g/mol. The van der Waals surface area contributed by atoms with E-state index in [4.69, 9.17) is 23.2 Å². The molecule has 0 aliphatic rings. The van der Waals surface area contributed by atoms with Gasteiger partial charge in [-0.1, -0.05) is 35.3 Å². The Bertz CT molecular complexity index is 579. The minimum absolute atomic E-state index is 0.0542. The maximum Gasteiger partial charge on any atom is 0.160 e. The Morgan fingerprint density at radius 1 is 1.05 bits per heavy atom. The van der Waals surface area contributed by atoms with Gasteiger partial charge in [0.15, 0.2) is 5.82 Å². The molecule has 100 valence electrons. The summed E-state index contributed by atoms with van der Waals surface area (Å²) in [6.07, 6.45) is 0. The van der Waals surface area contributed by atoms with Crippen LogP contribution in [-0.4, -0.2) is 0 Å². The van der Waals surface area contributed by atoms with Crippen molar-refractivity contribution >= 4 is 28.9 Å². The SMILES string of the molecule is CC(Nc1cc(Cl)c(F)c(Cl)c1)c1cccc(F)c1. The Hall–Kier alpha value is -1.32. The average molecular weight is 302 g/mol. The fourth-order valence-electron chi connectivity index (χ4n) is 1.75. The lowest BCUT2D eigenvalue weighted by atomic mass is 10.1. The van der Waals surface area contributed by atoms with Crippen LogP contribution in [0.25, 0.3) is 0 Å². The van der Waals surface area contributed by atoms with E-state index >= 15 is 0 Å². The van der Waals surface area contributed by atoms with Gasteiger partial charge >= 0.3 is 0 Å². The van der Waals surface area contributed by atoms with Gasteiger partial charge in [0.1, 0.15) is 5.82 Å². The van der Waals surface area contributed by atoms with Crippen molar-refractivity contribution in [3.8, 4) is 0 Å². The lowest BCUT2D eigenvalue weighted by Gasteiger charge is -2.16. The van der Waals surface area contributed by atoms with Gasteiger partial charge < -0.3 is 5.32 Å². The molecule has 1 nitrogen and oxygen atoms in total. The van der Waals surface area contributed by atoms with Crippen LogP contribution in [0.1, 0.15) is 18.5 Å². The fourth-order valence-corrected chi connectivity index (χ4v) is 2.24. The van der Waals surface area contributed by atoms with Gasteiger partial charge in [-0.15, -0.1) is 0 Å². The standard InChI is InChI=1S/C14H11Cl2F2N/c1-8(9-3-2-4-10(17)5-9)19-11-6-12(15)14(18)13(16)7-11/h2-8,19H,1H3. The molecule has 0 radical (unpaired) electrons. The third-order valence-corrected chi connectivity index (χ3v) is 3.27. The summed E-state index contributed by atoms with van der Waals surface area (Å²) < 4.78 is 26.4. The lowest BCUT2D eigenvalue weighted by Crippen LogP contribution is -2.07. The molecule has 0 aromatic heterocycles. The van der Waals surface area contributed by atoms with Crippen molar-refractivity contribution in [2.45, 2.75) is 13.0 Å². The summed E-state index contributed by atoms with van der Waals surface area (Å²) in [4.78, 5) is 0. The molecule has 0 bridgehead atoms. The molecule has 0 aliphatic carbocycles. The van der Waals surface area contributed by atoms with E-state index in [-0.39, 0.29) is 21.9 Å². The predicted molar refractivity (Wildman–Crippen MR) is 74.9 cm³/mol. The van der Waals surface area contributed by atoms with Gasteiger partial charge in [0.25, 0.3) is 0 Å². The van der Waals surface area contributed by atoms with E-state index in [1.54, 1.807) is 12.1 Å². The smallest absolute Gasteiger partial charge is 0.160 e. The van der Waals surface area contributed by atoms with Gasteiger partial charge in [-0.3, -0.25) is 0 Å². The summed E-state index contributed by atoms with van der Waals surface area (Å²) in [6.45, 7) is 1.86. The summed E-state index contributed by atoms with van der Waals surface area (Å²) in [5.74, 6) is -0.950. The normalized spacial score (nSPS) is 12.3. The topological polar surface area (TPSA) is 12.0 Å². The molecule has 2 rings (SSSR count). The zero-order valence-electron chi connectivity index (χ0n) is 10.1. The fraction of sp³-hybridized carbons (Fsp3) is 0.143. The molecule has 19 heavy (non-hydrogen) atoms. The van der Waals surface area contributed by atoms with Gasteiger partial charge in [0.2, 0.25) is 0 Å². The van der Waals surface area contributed by atoms with E-state index in [9.17, 15) is 8.78 Å². The van der Waals surface area contributed by atoms with Crippen LogP contribution in [0, 0.1) is 11.6 Å². The van der Waals surface area contributed by atoms with Crippen molar-refractivity contribution in [3.05, 3.63) is 63.6 Å². The van der Waals surface area contributed by atoms with Gasteiger partial charge in [-0.25, -0.2) is 8.78 Å². The molecule has 0 amide bonds. The van der Waals surface area contributed by atoms with Crippen LogP contribution in [0.3, 0.4) is 0 Å². The van der Waals surface area contributed by atoms with Gasteiger partial charge in [-0.05, 0) is 36.8 Å². The van der Waals surface area contributed by atoms with E-state index in [0.29, 0.717) is 5.69 Å². The Kier molecular flexibility index (Phi) is 4.27. The van der Waals surface area contributed by atoms with E-state index in [0.717, 1.165) is 5.56 Å². The average Bonchev–Trinajstić information content (AvgIpc) is 2.36. The summed E-state index contributed by atoms with van der Waals surface area (Å²) in [5.41, 5.74) is 1.35. The monoisotopic (exact) mass is 301 g/mol. The maximum absolute atomic E-state index is 13.3. The Morgan fingerprint density at radius 2 is 1.68 bits per heavy atom. The van der Waals surface area contributed by atoms with Crippen LogP contribution >= 0.6 is 23.2 Å². The second-order valence-electron chi connectivity index (χ2n) is 4.17. The molecule has 0 saturated carbocycles. The molecule has 0 heterocycles. The van der Waals surface area contributed by atoms with E-state index < -0.39 is 5.82 Å². The highest BCUT2D eigenvalue weighted by Crippen LogP contribution is 2.29. The van der Waals surface area contributed by atoms with Crippen molar-refractivity contribution in [2.24, 2.45) is 0 Å². The molecule has 0 fully saturated rings.